The van der Waals surface area contributed by atoms with Crippen LogP contribution in [0.1, 0.15) is 51.5 Å². The standard InChI is InChI=1S/C20H25Cl2N5O2S/c1-2-10-23-19(29)24-17(28)12-30-20-26-25-18(15-9-8-13(21)11-16(15)22)27(20)14-6-4-3-5-7-14/h8-9,11,14H,2-7,10,12H2,1H3,(H2,23,24,28,29). The van der Waals surface area contributed by atoms with E-state index in [9.17, 15) is 9.59 Å². The van der Waals surface area contributed by atoms with Crippen molar-refractivity contribution >= 4 is 46.9 Å². The van der Waals surface area contributed by atoms with E-state index in [1.165, 1.54) is 18.2 Å². The predicted molar refractivity (Wildman–Crippen MR) is 120 cm³/mol. The molecule has 30 heavy (non-hydrogen) atoms. The van der Waals surface area contributed by atoms with Gasteiger partial charge in [0.05, 0.1) is 10.8 Å². The summed E-state index contributed by atoms with van der Waals surface area (Å²) >= 11 is 13.7. The SMILES string of the molecule is CCCNC(=O)NC(=O)CSc1nnc(-c2ccc(Cl)cc2Cl)n1C1CCCCC1. The Bertz CT molecular complexity index is 899. The lowest BCUT2D eigenvalue weighted by molar-refractivity contribution is -0.117. The van der Waals surface area contributed by atoms with Crippen molar-refractivity contribution in [3.05, 3.63) is 28.2 Å². The summed E-state index contributed by atoms with van der Waals surface area (Å²) in [7, 11) is 0. The topological polar surface area (TPSA) is 88.9 Å². The van der Waals surface area contributed by atoms with E-state index in [-0.39, 0.29) is 17.7 Å². The van der Waals surface area contributed by atoms with Crippen LogP contribution in [-0.4, -0.2) is 39.0 Å². The molecular formula is C20H25Cl2N5O2S. The molecule has 0 spiro atoms. The van der Waals surface area contributed by atoms with Crippen molar-refractivity contribution in [1.82, 2.24) is 25.4 Å². The number of amides is 3. The van der Waals surface area contributed by atoms with E-state index in [0.717, 1.165) is 37.7 Å². The summed E-state index contributed by atoms with van der Waals surface area (Å²) in [5.41, 5.74) is 0.759. The van der Waals surface area contributed by atoms with Gasteiger partial charge in [0, 0.05) is 23.2 Å². The Morgan fingerprint density at radius 2 is 1.97 bits per heavy atom. The van der Waals surface area contributed by atoms with Crippen molar-refractivity contribution in [2.24, 2.45) is 0 Å². The van der Waals surface area contributed by atoms with Gasteiger partial charge in [-0.15, -0.1) is 10.2 Å². The first-order chi connectivity index (χ1) is 14.5. The fraction of sp³-hybridized carbons (Fsp3) is 0.500. The van der Waals surface area contributed by atoms with Crippen molar-refractivity contribution in [3.8, 4) is 11.4 Å². The number of nitrogens with zero attached hydrogens (tertiary/aromatic N) is 3. The molecule has 0 atom stereocenters. The summed E-state index contributed by atoms with van der Waals surface area (Å²) in [6, 6.07) is 5.07. The van der Waals surface area contributed by atoms with E-state index < -0.39 is 6.03 Å². The summed E-state index contributed by atoms with van der Waals surface area (Å²) in [5.74, 6) is 0.365. The number of nitrogens with one attached hydrogen (secondary N) is 2. The van der Waals surface area contributed by atoms with Gasteiger partial charge >= 0.3 is 6.03 Å². The normalized spacial score (nSPS) is 14.5. The molecule has 1 aromatic carbocycles. The summed E-state index contributed by atoms with van der Waals surface area (Å²) in [5, 5.41) is 15.4. The molecule has 1 aliphatic carbocycles. The monoisotopic (exact) mass is 469 g/mol. The quantitative estimate of drug-likeness (QED) is 0.551. The van der Waals surface area contributed by atoms with Crippen molar-refractivity contribution in [2.75, 3.05) is 12.3 Å². The summed E-state index contributed by atoms with van der Waals surface area (Å²) in [6.07, 6.45) is 6.34. The number of benzene rings is 1. The maximum Gasteiger partial charge on any atom is 0.321 e. The van der Waals surface area contributed by atoms with Crippen molar-refractivity contribution in [2.45, 2.75) is 56.6 Å². The Morgan fingerprint density at radius 3 is 2.67 bits per heavy atom. The van der Waals surface area contributed by atoms with Crippen molar-refractivity contribution in [3.63, 3.8) is 0 Å². The number of aromatic nitrogens is 3. The Labute approximate surface area is 190 Å². The molecule has 0 aliphatic heterocycles. The van der Waals surface area contributed by atoms with Crippen LogP contribution in [0.25, 0.3) is 11.4 Å². The summed E-state index contributed by atoms with van der Waals surface area (Å²) in [4.78, 5) is 23.8. The highest BCUT2D eigenvalue weighted by atomic mass is 35.5. The second-order valence-corrected chi connectivity index (χ2v) is 8.97. The highest BCUT2D eigenvalue weighted by Gasteiger charge is 2.25. The average Bonchev–Trinajstić information content (AvgIpc) is 3.15. The molecule has 3 rings (SSSR count). The van der Waals surface area contributed by atoms with Crippen LogP contribution in [0.4, 0.5) is 4.79 Å². The van der Waals surface area contributed by atoms with E-state index in [2.05, 4.69) is 25.4 Å². The summed E-state index contributed by atoms with van der Waals surface area (Å²) in [6.45, 7) is 2.47. The van der Waals surface area contributed by atoms with Crippen molar-refractivity contribution in [1.29, 1.82) is 0 Å². The van der Waals surface area contributed by atoms with Crippen LogP contribution in [-0.2, 0) is 4.79 Å². The smallest absolute Gasteiger partial charge is 0.321 e. The van der Waals surface area contributed by atoms with E-state index in [1.807, 2.05) is 13.0 Å². The van der Waals surface area contributed by atoms with Crippen LogP contribution in [0.3, 0.4) is 0 Å². The fourth-order valence-electron chi connectivity index (χ4n) is 3.47. The number of thioether (sulfide) groups is 1. The highest BCUT2D eigenvalue weighted by molar-refractivity contribution is 7.99. The van der Waals surface area contributed by atoms with Gasteiger partial charge in [-0.05, 0) is 37.5 Å². The maximum atomic E-state index is 12.2. The van der Waals surface area contributed by atoms with Crippen LogP contribution in [0.2, 0.25) is 10.0 Å². The number of hydrogen-bond acceptors (Lipinski definition) is 5. The predicted octanol–water partition coefficient (Wildman–Crippen LogP) is 5.09. The Hall–Kier alpha value is -1.77. The Balaban J connectivity index is 1.79. The third-order valence-corrected chi connectivity index (χ3v) is 6.39. The van der Waals surface area contributed by atoms with Gasteiger partial charge in [-0.2, -0.15) is 0 Å². The van der Waals surface area contributed by atoms with E-state index in [1.54, 1.807) is 12.1 Å². The van der Waals surface area contributed by atoms with Crippen LogP contribution >= 0.6 is 35.0 Å². The van der Waals surface area contributed by atoms with E-state index in [4.69, 9.17) is 23.2 Å². The van der Waals surface area contributed by atoms with E-state index in [0.29, 0.717) is 27.6 Å². The zero-order chi connectivity index (χ0) is 21.5. The number of carbonyl (C=O) groups is 2. The molecule has 0 unspecified atom stereocenters. The number of imide groups is 1. The van der Waals surface area contributed by atoms with Crippen LogP contribution in [0.5, 0.6) is 0 Å². The molecule has 162 valence electrons. The zero-order valence-electron chi connectivity index (χ0n) is 16.8. The average molecular weight is 470 g/mol. The molecule has 0 saturated heterocycles. The number of hydrogen-bond donors (Lipinski definition) is 2. The first-order valence-electron chi connectivity index (χ1n) is 10.1. The second kappa shape index (κ2) is 11.0. The molecular weight excluding hydrogens is 445 g/mol. The number of rotatable bonds is 7. The largest absolute Gasteiger partial charge is 0.338 e. The van der Waals surface area contributed by atoms with Gasteiger partial charge in [-0.3, -0.25) is 14.7 Å². The zero-order valence-corrected chi connectivity index (χ0v) is 19.1. The minimum absolute atomic E-state index is 0.0682. The minimum atomic E-state index is -0.482. The molecule has 2 N–H and O–H groups in total. The Kier molecular flexibility index (Phi) is 8.41. The van der Waals surface area contributed by atoms with Gasteiger partial charge in [0.2, 0.25) is 5.91 Å². The lowest BCUT2D eigenvalue weighted by Gasteiger charge is -2.25. The van der Waals surface area contributed by atoms with Crippen molar-refractivity contribution < 1.29 is 9.59 Å². The molecule has 0 radical (unpaired) electrons. The van der Waals surface area contributed by atoms with Gasteiger partial charge < -0.3 is 5.32 Å². The first kappa shape index (κ1) is 22.9. The molecule has 2 aromatic rings. The molecule has 1 aliphatic rings. The van der Waals surface area contributed by atoms with Gasteiger partial charge in [0.1, 0.15) is 0 Å². The lowest BCUT2D eigenvalue weighted by Crippen LogP contribution is -2.40. The molecule has 10 heteroatoms. The number of carbonyl (C=O) groups excluding carboxylic acids is 2. The first-order valence-corrected chi connectivity index (χ1v) is 11.8. The summed E-state index contributed by atoms with van der Waals surface area (Å²) < 4.78 is 2.09. The molecule has 0 bridgehead atoms. The van der Waals surface area contributed by atoms with Gasteiger partial charge in [0.25, 0.3) is 0 Å². The second-order valence-electron chi connectivity index (χ2n) is 7.18. The van der Waals surface area contributed by atoms with Crippen LogP contribution < -0.4 is 10.6 Å². The number of halogens is 2. The van der Waals surface area contributed by atoms with Gasteiger partial charge in [-0.25, -0.2) is 4.79 Å². The van der Waals surface area contributed by atoms with Crippen LogP contribution in [0.15, 0.2) is 23.4 Å². The van der Waals surface area contributed by atoms with Gasteiger partial charge in [-0.1, -0.05) is 61.1 Å². The number of urea groups is 1. The molecule has 1 aromatic heterocycles. The third-order valence-electron chi connectivity index (χ3n) is 4.90. The van der Waals surface area contributed by atoms with Crippen LogP contribution in [0, 0.1) is 0 Å². The third kappa shape index (κ3) is 5.89. The fourth-order valence-corrected chi connectivity index (χ4v) is 4.77. The Morgan fingerprint density at radius 1 is 1.20 bits per heavy atom. The lowest BCUT2D eigenvalue weighted by atomic mass is 9.95. The molecule has 1 fully saturated rings. The molecule has 3 amide bonds. The minimum Gasteiger partial charge on any atom is -0.338 e. The highest BCUT2D eigenvalue weighted by Crippen LogP contribution is 2.38. The molecule has 1 heterocycles. The maximum absolute atomic E-state index is 12.2. The molecule has 7 nitrogen and oxygen atoms in total. The van der Waals surface area contributed by atoms with E-state index >= 15 is 0 Å². The van der Waals surface area contributed by atoms with Gasteiger partial charge in [0.15, 0.2) is 11.0 Å². The molecule has 1 saturated carbocycles.